The number of likely N-dealkylation sites (tertiary alicyclic amines) is 1. The van der Waals surface area contributed by atoms with Gasteiger partial charge in [-0.05, 0) is 56.6 Å². The molecule has 1 aliphatic rings. The summed E-state index contributed by atoms with van der Waals surface area (Å²) >= 11 is 0. The summed E-state index contributed by atoms with van der Waals surface area (Å²) in [4.78, 5) is 16.7. The average Bonchev–Trinajstić information content (AvgIpc) is 2.96. The topological polar surface area (TPSA) is 35.6 Å². The molecule has 1 fully saturated rings. The Hall–Kier alpha value is -0.970. The number of benzene rings is 1. The maximum Gasteiger partial charge on any atom is 0.253 e. The third-order valence-corrected chi connectivity index (χ3v) is 4.18. The van der Waals surface area contributed by atoms with Gasteiger partial charge in [0.05, 0.1) is 0 Å². The molecular formula is C17H29Cl2N3O. The summed E-state index contributed by atoms with van der Waals surface area (Å²) < 4.78 is 0. The molecule has 0 radical (unpaired) electrons. The Kier molecular flexibility index (Phi) is 10.3. The monoisotopic (exact) mass is 361 g/mol. The van der Waals surface area contributed by atoms with E-state index >= 15 is 0 Å². The van der Waals surface area contributed by atoms with Crippen molar-refractivity contribution in [3.05, 3.63) is 29.8 Å². The van der Waals surface area contributed by atoms with Crippen LogP contribution in [0.1, 0.15) is 30.1 Å². The van der Waals surface area contributed by atoms with Crippen LogP contribution < -0.4 is 10.2 Å². The van der Waals surface area contributed by atoms with Gasteiger partial charge in [0, 0.05) is 37.9 Å². The second-order valence-corrected chi connectivity index (χ2v) is 5.93. The van der Waals surface area contributed by atoms with Gasteiger partial charge in [-0.2, -0.15) is 0 Å². The largest absolute Gasteiger partial charge is 0.375 e. The first-order chi connectivity index (χ1) is 10.2. The summed E-state index contributed by atoms with van der Waals surface area (Å²) in [6, 6.07) is 8.00. The van der Waals surface area contributed by atoms with Gasteiger partial charge in [-0.3, -0.25) is 4.79 Å². The number of hydrogen-bond donors (Lipinski definition) is 1. The van der Waals surface area contributed by atoms with E-state index in [1.165, 1.54) is 5.69 Å². The van der Waals surface area contributed by atoms with Crippen molar-refractivity contribution in [2.24, 2.45) is 5.92 Å². The third kappa shape index (κ3) is 5.87. The van der Waals surface area contributed by atoms with Crippen LogP contribution in [0.25, 0.3) is 0 Å². The van der Waals surface area contributed by atoms with Gasteiger partial charge in [-0.25, -0.2) is 0 Å². The number of carbonyl (C=O) groups excluding carboxylic acids is 1. The van der Waals surface area contributed by atoms with Crippen molar-refractivity contribution in [1.29, 1.82) is 0 Å². The highest BCUT2D eigenvalue weighted by molar-refractivity contribution is 5.94. The van der Waals surface area contributed by atoms with Gasteiger partial charge in [-0.1, -0.05) is 6.92 Å². The van der Waals surface area contributed by atoms with E-state index in [2.05, 4.69) is 24.2 Å². The molecule has 0 bridgehead atoms. The fourth-order valence-electron chi connectivity index (χ4n) is 2.98. The Morgan fingerprint density at radius 1 is 1.30 bits per heavy atom. The molecular weight excluding hydrogens is 333 g/mol. The van der Waals surface area contributed by atoms with Gasteiger partial charge in [-0.15, -0.1) is 24.8 Å². The van der Waals surface area contributed by atoms with Crippen LogP contribution in [0.5, 0.6) is 0 Å². The van der Waals surface area contributed by atoms with E-state index in [0.717, 1.165) is 44.6 Å². The molecule has 1 aromatic carbocycles. The quantitative estimate of drug-likeness (QED) is 0.845. The molecule has 1 aliphatic heterocycles. The molecule has 0 aliphatic carbocycles. The summed E-state index contributed by atoms with van der Waals surface area (Å²) in [5.41, 5.74) is 1.97. The highest BCUT2D eigenvalue weighted by atomic mass is 35.5. The lowest BCUT2D eigenvalue weighted by Gasteiger charge is -2.20. The molecule has 1 amide bonds. The van der Waals surface area contributed by atoms with Gasteiger partial charge in [0.25, 0.3) is 5.91 Å². The molecule has 1 atom stereocenters. The van der Waals surface area contributed by atoms with E-state index in [0.29, 0.717) is 5.92 Å². The van der Waals surface area contributed by atoms with Gasteiger partial charge in [0.15, 0.2) is 0 Å². The summed E-state index contributed by atoms with van der Waals surface area (Å²) in [6.07, 6.45) is 2.22. The fraction of sp³-hybridized carbons (Fsp3) is 0.588. The maximum atomic E-state index is 12.5. The van der Waals surface area contributed by atoms with E-state index in [1.54, 1.807) is 0 Å². The summed E-state index contributed by atoms with van der Waals surface area (Å²) in [5, 5.41) is 3.20. The predicted octanol–water partition coefficient (Wildman–Crippen LogP) is 3.06. The zero-order valence-corrected chi connectivity index (χ0v) is 15.9. The highest BCUT2D eigenvalue weighted by Gasteiger charge is 2.26. The highest BCUT2D eigenvalue weighted by Crippen LogP contribution is 2.20. The molecule has 4 nitrogen and oxygen atoms in total. The van der Waals surface area contributed by atoms with Crippen LogP contribution in [-0.4, -0.2) is 51.1 Å². The minimum absolute atomic E-state index is 0. The van der Waals surface area contributed by atoms with Crippen LogP contribution in [-0.2, 0) is 0 Å². The Morgan fingerprint density at radius 3 is 2.52 bits per heavy atom. The number of amides is 1. The van der Waals surface area contributed by atoms with Gasteiger partial charge < -0.3 is 15.1 Å². The lowest BCUT2D eigenvalue weighted by Crippen LogP contribution is -2.30. The van der Waals surface area contributed by atoms with Crippen LogP contribution in [0, 0.1) is 5.92 Å². The molecule has 2 rings (SSSR count). The Morgan fingerprint density at radius 2 is 1.96 bits per heavy atom. The molecule has 0 spiro atoms. The van der Waals surface area contributed by atoms with E-state index < -0.39 is 0 Å². The van der Waals surface area contributed by atoms with Crippen LogP contribution in [0.15, 0.2) is 24.3 Å². The fourth-order valence-corrected chi connectivity index (χ4v) is 2.98. The number of rotatable bonds is 6. The van der Waals surface area contributed by atoms with Crippen molar-refractivity contribution < 1.29 is 4.79 Å². The Balaban J connectivity index is 0.00000242. The molecule has 1 unspecified atom stereocenters. The summed E-state index contributed by atoms with van der Waals surface area (Å²) in [6.45, 7) is 5.94. The molecule has 6 heteroatoms. The molecule has 1 heterocycles. The van der Waals surface area contributed by atoms with Crippen molar-refractivity contribution >= 4 is 36.4 Å². The van der Waals surface area contributed by atoms with Crippen LogP contribution in [0.3, 0.4) is 0 Å². The molecule has 0 saturated carbocycles. The maximum absolute atomic E-state index is 12.5. The van der Waals surface area contributed by atoms with Gasteiger partial charge >= 0.3 is 0 Å². The van der Waals surface area contributed by atoms with Crippen LogP contribution >= 0.6 is 24.8 Å². The van der Waals surface area contributed by atoms with Crippen LogP contribution in [0.2, 0.25) is 0 Å². The molecule has 1 aromatic rings. The standard InChI is InChI=1S/C17H27N3O.2ClH/c1-4-10-19(3)16-7-5-15(6-8-16)17(21)20-11-9-14(13-20)12-18-2;;/h5-8,14,18H,4,9-13H2,1-3H3;2*1H. The van der Waals surface area contributed by atoms with E-state index in [9.17, 15) is 4.79 Å². The molecule has 132 valence electrons. The normalized spacial score (nSPS) is 16.5. The van der Waals surface area contributed by atoms with E-state index in [-0.39, 0.29) is 30.7 Å². The third-order valence-electron chi connectivity index (χ3n) is 4.18. The van der Waals surface area contributed by atoms with Gasteiger partial charge in [0.2, 0.25) is 0 Å². The summed E-state index contributed by atoms with van der Waals surface area (Å²) in [7, 11) is 4.05. The number of nitrogens with zero attached hydrogens (tertiary/aromatic N) is 2. The zero-order valence-electron chi connectivity index (χ0n) is 14.2. The first-order valence-corrected chi connectivity index (χ1v) is 7.90. The molecule has 23 heavy (non-hydrogen) atoms. The second kappa shape index (κ2) is 10.7. The number of halogens is 2. The van der Waals surface area contributed by atoms with Crippen molar-refractivity contribution in [2.75, 3.05) is 45.2 Å². The lowest BCUT2D eigenvalue weighted by atomic mass is 10.1. The predicted molar refractivity (Wildman–Crippen MR) is 102 cm³/mol. The van der Waals surface area contributed by atoms with E-state index in [1.807, 2.05) is 36.2 Å². The molecule has 0 aromatic heterocycles. The zero-order chi connectivity index (χ0) is 15.2. The van der Waals surface area contributed by atoms with Crippen molar-refractivity contribution in [2.45, 2.75) is 19.8 Å². The Bertz CT molecular complexity index is 467. The van der Waals surface area contributed by atoms with Crippen LogP contribution in [0.4, 0.5) is 5.69 Å². The SMILES string of the molecule is CCCN(C)c1ccc(C(=O)N2CCC(CNC)C2)cc1.Cl.Cl. The molecule has 1 saturated heterocycles. The van der Waals surface area contributed by atoms with Gasteiger partial charge in [0.1, 0.15) is 0 Å². The smallest absolute Gasteiger partial charge is 0.253 e. The minimum Gasteiger partial charge on any atom is -0.375 e. The number of carbonyl (C=O) groups is 1. The van der Waals surface area contributed by atoms with E-state index in [4.69, 9.17) is 0 Å². The average molecular weight is 362 g/mol. The van der Waals surface area contributed by atoms with Crippen molar-refractivity contribution in [3.8, 4) is 0 Å². The second-order valence-electron chi connectivity index (χ2n) is 5.93. The first-order valence-electron chi connectivity index (χ1n) is 7.90. The summed E-state index contributed by atoms with van der Waals surface area (Å²) in [5.74, 6) is 0.757. The number of nitrogens with one attached hydrogen (secondary N) is 1. The van der Waals surface area contributed by atoms with Crippen molar-refractivity contribution in [1.82, 2.24) is 10.2 Å². The number of anilines is 1. The minimum atomic E-state index is 0. The number of hydrogen-bond acceptors (Lipinski definition) is 3. The Labute approximate surface area is 152 Å². The lowest BCUT2D eigenvalue weighted by molar-refractivity contribution is 0.0787. The van der Waals surface area contributed by atoms with Crippen molar-refractivity contribution in [3.63, 3.8) is 0 Å². The molecule has 1 N–H and O–H groups in total. The first kappa shape index (κ1) is 22.0.